The van der Waals surface area contributed by atoms with E-state index in [1.54, 1.807) is 24.0 Å². The Morgan fingerprint density at radius 3 is 2.37 bits per heavy atom. The number of halogens is 1. The number of pyridine rings is 1. The van der Waals surface area contributed by atoms with Gasteiger partial charge in [-0.1, -0.05) is 36.4 Å². The van der Waals surface area contributed by atoms with Crippen LogP contribution in [-0.2, 0) is 31.4 Å². The van der Waals surface area contributed by atoms with Crippen LogP contribution in [0.4, 0.5) is 9.18 Å². The molecule has 49 heavy (non-hydrogen) atoms. The summed E-state index contributed by atoms with van der Waals surface area (Å²) in [5.74, 6) is -0.264. The molecule has 1 fully saturated rings. The van der Waals surface area contributed by atoms with Gasteiger partial charge in [0.1, 0.15) is 16.9 Å². The summed E-state index contributed by atoms with van der Waals surface area (Å²) in [5, 5.41) is 18.7. The van der Waals surface area contributed by atoms with E-state index in [2.05, 4.69) is 25.3 Å². The number of carbonyl (C=O) groups is 1. The van der Waals surface area contributed by atoms with Crippen molar-refractivity contribution >= 4 is 17.1 Å². The van der Waals surface area contributed by atoms with Crippen LogP contribution in [0.25, 0.3) is 33.4 Å². The zero-order chi connectivity index (χ0) is 34.9. The Hall–Kier alpha value is -4.94. The molecule has 0 unspecified atom stereocenters. The number of nitrogens with one attached hydrogen (secondary N) is 1. The number of likely N-dealkylation sites (tertiary alicyclic amines) is 1. The molecule has 6 rings (SSSR count). The summed E-state index contributed by atoms with van der Waals surface area (Å²) in [4.78, 5) is 36.5. The average molecular weight is 668 g/mol. The van der Waals surface area contributed by atoms with Crippen molar-refractivity contribution in [1.82, 2.24) is 34.5 Å². The maximum absolute atomic E-state index is 15.1. The van der Waals surface area contributed by atoms with Gasteiger partial charge in [0, 0.05) is 56.2 Å². The molecule has 2 aromatic carbocycles. The van der Waals surface area contributed by atoms with E-state index < -0.39 is 17.3 Å². The Balaban J connectivity index is 1.09. The van der Waals surface area contributed by atoms with Gasteiger partial charge in [-0.25, -0.2) is 14.2 Å². The molecule has 0 radical (unpaired) electrons. The monoisotopic (exact) mass is 667 g/mol. The van der Waals surface area contributed by atoms with Gasteiger partial charge in [0.15, 0.2) is 5.52 Å². The molecule has 5 aromatic rings. The number of piperidine rings is 1. The van der Waals surface area contributed by atoms with Crippen LogP contribution in [0.15, 0.2) is 71.9 Å². The van der Waals surface area contributed by atoms with Gasteiger partial charge in [-0.05, 0) is 75.4 Å². The van der Waals surface area contributed by atoms with Crippen molar-refractivity contribution in [3.63, 3.8) is 0 Å². The predicted octanol–water partition coefficient (Wildman–Crippen LogP) is 5.36. The van der Waals surface area contributed by atoms with Crippen LogP contribution in [0.5, 0.6) is 0 Å². The Labute approximate surface area is 284 Å². The lowest BCUT2D eigenvalue weighted by Crippen LogP contribution is -2.47. The third-order valence-electron chi connectivity index (χ3n) is 8.80. The molecule has 0 spiro atoms. The second kappa shape index (κ2) is 13.5. The standard InChI is InChI=1S/C37H42FN7O4/c1-24-18-28(12-15-39-24)27-10-11-29(30(38)19-27)21-44-16-13-37(48,14-17-44)22-45-23-41-31-32(34(45)46)42-43(5)33(31)26-8-6-25(7-9-26)20-40-35(47)49-36(2,3)4/h6-12,15,18-19,23,48H,13-14,16-17,20-22H2,1-5H3,(H,40,47). The minimum absolute atomic E-state index is 0.0856. The van der Waals surface area contributed by atoms with E-state index in [-0.39, 0.29) is 23.4 Å². The molecule has 0 bridgehead atoms. The molecule has 0 saturated carbocycles. The molecule has 1 aliphatic heterocycles. The second-order valence-corrected chi connectivity index (χ2v) is 13.9. The SMILES string of the molecule is Cc1cc(-c2ccc(CN3CCC(O)(Cn4cnc5c(-c6ccc(CNC(=O)OC(C)(C)C)cc6)n(C)nc5c4=O)CC3)c(F)c2)ccn1. The van der Waals surface area contributed by atoms with E-state index >= 15 is 4.39 Å². The summed E-state index contributed by atoms with van der Waals surface area (Å²) in [6.45, 7) is 9.28. The van der Waals surface area contributed by atoms with Gasteiger partial charge in [0.05, 0.1) is 24.2 Å². The van der Waals surface area contributed by atoms with Gasteiger partial charge in [0.2, 0.25) is 0 Å². The first-order valence-electron chi connectivity index (χ1n) is 16.4. The molecule has 2 N–H and O–H groups in total. The van der Waals surface area contributed by atoms with Crippen LogP contribution in [0, 0.1) is 12.7 Å². The molecule has 256 valence electrons. The van der Waals surface area contributed by atoms with Crippen LogP contribution in [0.2, 0.25) is 0 Å². The van der Waals surface area contributed by atoms with E-state index in [1.807, 2.05) is 76.2 Å². The average Bonchev–Trinajstić information content (AvgIpc) is 3.39. The number of aliphatic hydroxyl groups is 1. The van der Waals surface area contributed by atoms with Crippen LogP contribution in [0.1, 0.15) is 50.4 Å². The fraction of sp³-hybridized carbons (Fsp3) is 0.378. The molecular weight excluding hydrogens is 625 g/mol. The number of hydrogen-bond donors (Lipinski definition) is 2. The number of amides is 1. The highest BCUT2D eigenvalue weighted by Gasteiger charge is 2.34. The van der Waals surface area contributed by atoms with Crippen LogP contribution >= 0.6 is 0 Å². The predicted molar refractivity (Wildman–Crippen MR) is 185 cm³/mol. The van der Waals surface area contributed by atoms with Gasteiger partial charge in [-0.2, -0.15) is 5.10 Å². The number of alkyl carbamates (subject to hydrolysis) is 1. The number of ether oxygens (including phenoxy) is 1. The minimum Gasteiger partial charge on any atom is -0.444 e. The quantitative estimate of drug-likeness (QED) is 0.227. The van der Waals surface area contributed by atoms with Gasteiger partial charge in [-0.3, -0.25) is 23.9 Å². The molecular formula is C37H42FN7O4. The van der Waals surface area contributed by atoms with E-state index in [4.69, 9.17) is 4.74 Å². The number of hydrogen-bond acceptors (Lipinski definition) is 8. The van der Waals surface area contributed by atoms with Crippen LogP contribution < -0.4 is 10.9 Å². The van der Waals surface area contributed by atoms with Gasteiger partial charge in [0.25, 0.3) is 5.56 Å². The second-order valence-electron chi connectivity index (χ2n) is 13.9. The molecule has 4 heterocycles. The number of aryl methyl sites for hydroxylation is 2. The lowest BCUT2D eigenvalue weighted by atomic mass is 9.91. The first-order valence-corrected chi connectivity index (χ1v) is 16.4. The molecule has 12 heteroatoms. The van der Waals surface area contributed by atoms with Crippen LogP contribution in [-0.4, -0.2) is 64.7 Å². The highest BCUT2D eigenvalue weighted by Crippen LogP contribution is 2.29. The third-order valence-corrected chi connectivity index (χ3v) is 8.80. The number of benzene rings is 2. The van der Waals surface area contributed by atoms with Crippen molar-refractivity contribution in [2.24, 2.45) is 7.05 Å². The summed E-state index contributed by atoms with van der Waals surface area (Å²) < 4.78 is 23.5. The molecule has 3 aromatic heterocycles. The van der Waals surface area contributed by atoms with Crippen molar-refractivity contribution in [2.45, 2.75) is 71.4 Å². The normalized spacial score (nSPS) is 15.0. The molecule has 1 saturated heterocycles. The Kier molecular flexibility index (Phi) is 9.37. The van der Waals surface area contributed by atoms with Crippen LogP contribution in [0.3, 0.4) is 0 Å². The number of carbonyl (C=O) groups excluding carboxylic acids is 1. The first kappa shape index (κ1) is 33.9. The molecule has 1 amide bonds. The van der Waals surface area contributed by atoms with Crippen molar-refractivity contribution in [3.8, 4) is 22.4 Å². The van der Waals surface area contributed by atoms with Crippen molar-refractivity contribution in [3.05, 3.63) is 100 Å². The van der Waals surface area contributed by atoms with E-state index in [0.29, 0.717) is 55.8 Å². The molecule has 0 atom stereocenters. The molecule has 11 nitrogen and oxygen atoms in total. The zero-order valence-corrected chi connectivity index (χ0v) is 28.5. The van der Waals surface area contributed by atoms with Crippen molar-refractivity contribution < 1.29 is 19.0 Å². The minimum atomic E-state index is -1.11. The number of nitrogens with zero attached hydrogens (tertiary/aromatic N) is 6. The first-order chi connectivity index (χ1) is 23.3. The largest absolute Gasteiger partial charge is 0.444 e. The Morgan fingerprint density at radius 2 is 1.69 bits per heavy atom. The zero-order valence-electron chi connectivity index (χ0n) is 28.5. The highest BCUT2D eigenvalue weighted by molar-refractivity contribution is 5.89. The number of aromatic nitrogens is 5. The van der Waals surface area contributed by atoms with Crippen molar-refractivity contribution in [1.29, 1.82) is 0 Å². The summed E-state index contributed by atoms with van der Waals surface area (Å²) in [6, 6.07) is 16.7. The van der Waals surface area contributed by atoms with E-state index in [9.17, 15) is 14.7 Å². The smallest absolute Gasteiger partial charge is 0.407 e. The Morgan fingerprint density at radius 1 is 1.00 bits per heavy atom. The summed E-state index contributed by atoms with van der Waals surface area (Å²) in [7, 11) is 1.76. The van der Waals surface area contributed by atoms with E-state index in [1.165, 1.54) is 10.9 Å². The number of fused-ring (bicyclic) bond motifs is 1. The molecule has 1 aliphatic rings. The summed E-state index contributed by atoms with van der Waals surface area (Å²) in [6.07, 6.45) is 3.56. The summed E-state index contributed by atoms with van der Waals surface area (Å²) in [5.41, 5.74) is 4.27. The van der Waals surface area contributed by atoms with Crippen molar-refractivity contribution in [2.75, 3.05) is 13.1 Å². The lowest BCUT2D eigenvalue weighted by molar-refractivity contribution is -0.0366. The maximum atomic E-state index is 15.1. The van der Waals surface area contributed by atoms with Gasteiger partial charge in [-0.15, -0.1) is 0 Å². The highest BCUT2D eigenvalue weighted by atomic mass is 19.1. The Bertz CT molecular complexity index is 2040. The number of rotatable bonds is 8. The fourth-order valence-corrected chi connectivity index (χ4v) is 6.22. The molecule has 0 aliphatic carbocycles. The summed E-state index contributed by atoms with van der Waals surface area (Å²) >= 11 is 0. The fourth-order valence-electron chi connectivity index (χ4n) is 6.22. The topological polar surface area (TPSA) is 127 Å². The maximum Gasteiger partial charge on any atom is 0.407 e. The van der Waals surface area contributed by atoms with Gasteiger partial charge >= 0.3 is 6.09 Å². The van der Waals surface area contributed by atoms with Gasteiger partial charge < -0.3 is 15.2 Å². The third kappa shape index (κ3) is 7.87. The van der Waals surface area contributed by atoms with E-state index in [0.717, 1.165) is 27.9 Å². The lowest BCUT2D eigenvalue weighted by Gasteiger charge is -2.38.